The van der Waals surface area contributed by atoms with Gasteiger partial charge in [-0.05, 0) is 19.3 Å². The second-order valence-corrected chi connectivity index (χ2v) is 7.86. The number of likely N-dealkylation sites (N-methyl/N-ethyl adjacent to an activating group) is 1. The Balaban J connectivity index is 1.82. The number of carbonyl (C=O) groups excluding carboxylic acids is 1. The van der Waals surface area contributed by atoms with E-state index in [9.17, 15) is 14.1 Å². The van der Waals surface area contributed by atoms with Crippen molar-refractivity contribution in [3.63, 3.8) is 0 Å². The quantitative estimate of drug-likeness (QED) is 0.771. The first-order valence-electron chi connectivity index (χ1n) is 7.57. The van der Waals surface area contributed by atoms with Gasteiger partial charge in [-0.3, -0.25) is 4.21 Å². The lowest BCUT2D eigenvalue weighted by molar-refractivity contribution is 0.00446. The van der Waals surface area contributed by atoms with E-state index in [0.29, 0.717) is 18.1 Å². The van der Waals surface area contributed by atoms with Crippen molar-refractivity contribution in [2.75, 3.05) is 25.1 Å². The molecule has 1 aliphatic heterocycles. The third-order valence-corrected chi connectivity index (χ3v) is 5.79. The van der Waals surface area contributed by atoms with Crippen LogP contribution in [0.3, 0.4) is 0 Å². The van der Waals surface area contributed by atoms with Crippen LogP contribution in [0.15, 0.2) is 0 Å². The molecule has 2 N–H and O–H groups in total. The van der Waals surface area contributed by atoms with E-state index in [0.717, 1.165) is 32.1 Å². The minimum atomic E-state index is -0.782. The predicted molar refractivity (Wildman–Crippen MR) is 80.1 cm³/mol. The van der Waals surface area contributed by atoms with E-state index in [1.165, 1.54) is 12.8 Å². The monoisotopic (exact) mass is 302 g/mol. The van der Waals surface area contributed by atoms with Crippen molar-refractivity contribution in [1.82, 2.24) is 10.2 Å². The number of amides is 2. The summed E-state index contributed by atoms with van der Waals surface area (Å²) in [6.07, 6.45) is 6.76. The maximum absolute atomic E-state index is 12.1. The van der Waals surface area contributed by atoms with Crippen LogP contribution in [0.5, 0.6) is 0 Å². The highest BCUT2D eigenvalue weighted by Crippen LogP contribution is 2.27. The van der Waals surface area contributed by atoms with Crippen LogP contribution < -0.4 is 5.32 Å². The molecule has 2 aliphatic rings. The first kappa shape index (κ1) is 15.8. The fourth-order valence-corrected chi connectivity index (χ4v) is 4.53. The molecule has 1 aliphatic carbocycles. The lowest BCUT2D eigenvalue weighted by Gasteiger charge is -2.32. The highest BCUT2D eigenvalue weighted by atomic mass is 32.2. The molecule has 1 heterocycles. The Morgan fingerprint density at radius 3 is 2.55 bits per heavy atom. The number of urea groups is 1. The molecule has 1 saturated carbocycles. The van der Waals surface area contributed by atoms with Gasteiger partial charge in [-0.25, -0.2) is 4.79 Å². The Morgan fingerprint density at radius 2 is 2.00 bits per heavy atom. The van der Waals surface area contributed by atoms with Gasteiger partial charge in [0.05, 0.1) is 12.1 Å². The van der Waals surface area contributed by atoms with Crippen LogP contribution in [0.1, 0.15) is 44.9 Å². The van der Waals surface area contributed by atoms with Gasteiger partial charge < -0.3 is 15.3 Å². The molecule has 2 amide bonds. The molecule has 5 nitrogen and oxygen atoms in total. The summed E-state index contributed by atoms with van der Waals surface area (Å²) in [7, 11) is 0.944. The summed E-state index contributed by atoms with van der Waals surface area (Å²) < 4.78 is 11.3. The van der Waals surface area contributed by atoms with Gasteiger partial charge >= 0.3 is 6.03 Å². The van der Waals surface area contributed by atoms with E-state index in [4.69, 9.17) is 0 Å². The maximum atomic E-state index is 12.1. The molecule has 0 aromatic rings. The molecule has 0 radical (unpaired) electrons. The van der Waals surface area contributed by atoms with Gasteiger partial charge in [-0.15, -0.1) is 0 Å². The third kappa shape index (κ3) is 4.45. The average molecular weight is 302 g/mol. The van der Waals surface area contributed by atoms with Crippen LogP contribution in [0.25, 0.3) is 0 Å². The molecular weight excluding hydrogens is 276 g/mol. The minimum absolute atomic E-state index is 0.0227. The van der Waals surface area contributed by atoms with Crippen molar-refractivity contribution in [1.29, 1.82) is 0 Å². The molecule has 0 unspecified atom stereocenters. The standard InChI is InChI=1S/C14H26N2O3S/c1-16(11-14(18)7-4-2-3-5-8-14)13(17)15-12-6-9-20(19)10-12/h12,18H,2-11H2,1H3,(H,15,17)/t12-,20-/m0/s1. The highest BCUT2D eigenvalue weighted by Gasteiger charge is 2.31. The second kappa shape index (κ2) is 6.89. The van der Waals surface area contributed by atoms with Crippen LogP contribution in [0, 0.1) is 0 Å². The molecule has 1 saturated heterocycles. The van der Waals surface area contributed by atoms with E-state index in [-0.39, 0.29) is 12.1 Å². The number of hydrogen-bond acceptors (Lipinski definition) is 3. The predicted octanol–water partition coefficient (Wildman–Crippen LogP) is 1.23. The van der Waals surface area contributed by atoms with Gasteiger partial charge in [0, 0.05) is 35.4 Å². The number of carbonyl (C=O) groups is 1. The summed E-state index contributed by atoms with van der Waals surface area (Å²) in [5, 5.41) is 13.5. The number of nitrogens with zero attached hydrogens (tertiary/aromatic N) is 1. The van der Waals surface area contributed by atoms with Crippen LogP contribution in [-0.4, -0.2) is 57.0 Å². The van der Waals surface area contributed by atoms with Crippen molar-refractivity contribution in [2.24, 2.45) is 0 Å². The van der Waals surface area contributed by atoms with Crippen molar-refractivity contribution in [3.05, 3.63) is 0 Å². The Kier molecular flexibility index (Phi) is 5.43. The van der Waals surface area contributed by atoms with Gasteiger partial charge in [0.2, 0.25) is 0 Å². The van der Waals surface area contributed by atoms with E-state index in [2.05, 4.69) is 5.32 Å². The van der Waals surface area contributed by atoms with E-state index < -0.39 is 16.4 Å². The van der Waals surface area contributed by atoms with Gasteiger partial charge in [0.25, 0.3) is 0 Å². The van der Waals surface area contributed by atoms with Crippen LogP contribution in [0.4, 0.5) is 4.79 Å². The summed E-state index contributed by atoms with van der Waals surface area (Å²) in [5.41, 5.74) is -0.735. The molecule has 0 aromatic heterocycles. The normalized spacial score (nSPS) is 29.7. The Hall–Kier alpha value is -0.620. The number of rotatable bonds is 3. The third-order valence-electron chi connectivity index (χ3n) is 4.32. The molecule has 2 fully saturated rings. The fourth-order valence-electron chi connectivity index (χ4n) is 3.12. The summed E-state index contributed by atoms with van der Waals surface area (Å²) in [6, 6.07) is -0.138. The SMILES string of the molecule is CN(CC1(O)CCCCCC1)C(=O)N[C@H]1CC[S@](=O)C1. The Bertz CT molecular complexity index is 367. The van der Waals surface area contributed by atoms with Crippen molar-refractivity contribution < 1.29 is 14.1 Å². The van der Waals surface area contributed by atoms with E-state index in [1.807, 2.05) is 0 Å². The molecule has 0 bridgehead atoms. The number of hydrogen-bond donors (Lipinski definition) is 2. The number of nitrogens with one attached hydrogen (secondary N) is 1. The van der Waals surface area contributed by atoms with Crippen molar-refractivity contribution in [2.45, 2.75) is 56.6 Å². The lowest BCUT2D eigenvalue weighted by Crippen LogP contribution is -2.49. The maximum Gasteiger partial charge on any atom is 0.317 e. The molecule has 116 valence electrons. The van der Waals surface area contributed by atoms with E-state index in [1.54, 1.807) is 11.9 Å². The molecule has 0 spiro atoms. The van der Waals surface area contributed by atoms with Gasteiger partial charge in [-0.2, -0.15) is 0 Å². The zero-order chi connectivity index (χ0) is 14.6. The van der Waals surface area contributed by atoms with Gasteiger partial charge in [-0.1, -0.05) is 25.7 Å². The summed E-state index contributed by atoms with van der Waals surface area (Å²) in [6.45, 7) is 0.384. The summed E-state index contributed by atoms with van der Waals surface area (Å²) in [4.78, 5) is 13.7. The Labute approximate surface area is 123 Å². The molecule has 0 aromatic carbocycles. The first-order valence-corrected chi connectivity index (χ1v) is 9.06. The van der Waals surface area contributed by atoms with Crippen molar-refractivity contribution in [3.8, 4) is 0 Å². The largest absolute Gasteiger partial charge is 0.388 e. The smallest absolute Gasteiger partial charge is 0.317 e. The molecule has 6 heteroatoms. The summed E-state index contributed by atoms with van der Waals surface area (Å²) >= 11 is 0. The molecule has 20 heavy (non-hydrogen) atoms. The number of aliphatic hydroxyl groups is 1. The highest BCUT2D eigenvalue weighted by molar-refractivity contribution is 7.85. The Morgan fingerprint density at radius 1 is 1.35 bits per heavy atom. The topological polar surface area (TPSA) is 69.6 Å². The van der Waals surface area contributed by atoms with Gasteiger partial charge in [0.1, 0.15) is 0 Å². The lowest BCUT2D eigenvalue weighted by atomic mass is 9.94. The van der Waals surface area contributed by atoms with Crippen LogP contribution >= 0.6 is 0 Å². The summed E-state index contributed by atoms with van der Waals surface area (Å²) in [5.74, 6) is 1.24. The zero-order valence-corrected chi connectivity index (χ0v) is 13.1. The second-order valence-electron chi connectivity index (χ2n) is 6.24. The molecule has 2 atom stereocenters. The van der Waals surface area contributed by atoms with E-state index >= 15 is 0 Å². The zero-order valence-electron chi connectivity index (χ0n) is 12.3. The van der Waals surface area contributed by atoms with Gasteiger partial charge in [0.15, 0.2) is 0 Å². The molecular formula is C14H26N2O3S. The first-order chi connectivity index (χ1) is 9.48. The fraction of sp³-hybridized carbons (Fsp3) is 0.929. The van der Waals surface area contributed by atoms with Crippen LogP contribution in [0.2, 0.25) is 0 Å². The van der Waals surface area contributed by atoms with Crippen LogP contribution in [-0.2, 0) is 10.8 Å². The average Bonchev–Trinajstić information content (AvgIpc) is 2.67. The minimum Gasteiger partial charge on any atom is -0.388 e. The van der Waals surface area contributed by atoms with Crippen molar-refractivity contribution >= 4 is 16.8 Å². The molecule has 2 rings (SSSR count).